The van der Waals surface area contributed by atoms with Crippen molar-refractivity contribution >= 4 is 12.3 Å². The monoisotopic (exact) mass is 417 g/mol. The topological polar surface area (TPSA) is 103 Å². The van der Waals surface area contributed by atoms with Crippen LogP contribution in [-0.2, 0) is 16.1 Å². The van der Waals surface area contributed by atoms with Crippen molar-refractivity contribution in [3.63, 3.8) is 0 Å². The van der Waals surface area contributed by atoms with Crippen LogP contribution in [0.1, 0.15) is 44.7 Å². The average Bonchev–Trinajstić information content (AvgIpc) is 2.99. The number of likely N-dealkylation sites (tertiary alicyclic amines) is 1. The molecule has 1 atom stereocenters. The third kappa shape index (κ3) is 11.3. The fourth-order valence-electron chi connectivity index (χ4n) is 2.47. The van der Waals surface area contributed by atoms with E-state index in [0.717, 1.165) is 13.0 Å². The molecule has 1 unspecified atom stereocenters. The second kappa shape index (κ2) is 14.2. The Morgan fingerprint density at radius 2 is 2.11 bits per heavy atom. The van der Waals surface area contributed by atoms with Crippen molar-refractivity contribution in [2.24, 2.45) is 5.41 Å². The van der Waals surface area contributed by atoms with Crippen LogP contribution in [0, 0.1) is 23.6 Å². The molecule has 6 nitrogen and oxygen atoms in total. The number of halogens is 1. The molecule has 1 saturated heterocycles. The fourth-order valence-corrected chi connectivity index (χ4v) is 2.47. The van der Waals surface area contributed by atoms with Crippen molar-refractivity contribution in [2.75, 3.05) is 13.1 Å². The van der Waals surface area contributed by atoms with Gasteiger partial charge in [-0.05, 0) is 24.0 Å². The van der Waals surface area contributed by atoms with Crippen molar-refractivity contribution in [3.8, 4) is 12.3 Å². The average molecular weight is 418 g/mol. The van der Waals surface area contributed by atoms with Gasteiger partial charge in [-0.2, -0.15) is 0 Å². The molecule has 0 spiro atoms. The van der Waals surface area contributed by atoms with E-state index in [1.807, 2.05) is 0 Å². The quantitative estimate of drug-likeness (QED) is 0.402. The third-order valence-corrected chi connectivity index (χ3v) is 3.79. The summed E-state index contributed by atoms with van der Waals surface area (Å²) >= 11 is 0. The summed E-state index contributed by atoms with van der Waals surface area (Å²) in [5, 5.41) is 11.6. The molecular formula is C20H29FKN3O3. The van der Waals surface area contributed by atoms with E-state index in [1.54, 1.807) is 17.0 Å². The van der Waals surface area contributed by atoms with Crippen molar-refractivity contribution in [2.45, 2.75) is 46.3 Å². The Labute approximate surface area is 209 Å². The molecule has 0 aromatic heterocycles. The van der Waals surface area contributed by atoms with Gasteiger partial charge in [0.2, 0.25) is 12.3 Å². The number of carbonyl (C=O) groups excluding carboxylic acids is 2. The van der Waals surface area contributed by atoms with Gasteiger partial charge in [0.15, 0.2) is 0 Å². The normalized spacial score (nSPS) is 15.1. The van der Waals surface area contributed by atoms with E-state index in [-0.39, 0.29) is 81.5 Å². The number of aliphatic hydroxyl groups excluding tert-OH is 1. The molecule has 1 heterocycles. The molecule has 2 rings (SSSR count). The van der Waals surface area contributed by atoms with E-state index in [4.69, 9.17) is 6.42 Å². The van der Waals surface area contributed by atoms with Gasteiger partial charge in [0.25, 0.3) is 0 Å². The van der Waals surface area contributed by atoms with Gasteiger partial charge >= 0.3 is 51.4 Å². The first-order valence-corrected chi connectivity index (χ1v) is 8.54. The first kappa shape index (κ1) is 29.4. The summed E-state index contributed by atoms with van der Waals surface area (Å²) < 4.78 is 13.1. The number of amides is 2. The largest absolute Gasteiger partial charge is 1.00 e. The van der Waals surface area contributed by atoms with E-state index < -0.39 is 5.82 Å². The molecule has 0 aliphatic carbocycles. The first-order chi connectivity index (χ1) is 12.2. The molecule has 1 aromatic rings. The molecular weight excluding hydrogens is 388 g/mol. The Morgan fingerprint density at radius 1 is 1.46 bits per heavy atom. The third-order valence-electron chi connectivity index (χ3n) is 3.79. The maximum atomic E-state index is 13.1. The number of aliphatic hydroxyl groups is 1. The van der Waals surface area contributed by atoms with E-state index in [2.05, 4.69) is 32.0 Å². The molecule has 2 amide bonds. The predicted molar refractivity (Wildman–Crippen MR) is 104 cm³/mol. The number of nitrogens with one attached hydrogen (secondary N) is 1. The number of terminal acetylenes is 1. The Hall–Kier alpha value is -0.794. The Morgan fingerprint density at radius 3 is 2.54 bits per heavy atom. The van der Waals surface area contributed by atoms with Gasteiger partial charge < -0.3 is 21.5 Å². The summed E-state index contributed by atoms with van der Waals surface area (Å²) in [5.41, 5.74) is 0.961. The van der Waals surface area contributed by atoms with Crippen LogP contribution in [-0.4, -0.2) is 41.5 Å². The minimum atomic E-state index is -0.398. The van der Waals surface area contributed by atoms with E-state index in [0.29, 0.717) is 30.5 Å². The molecule has 4 N–H and O–H groups in total. The van der Waals surface area contributed by atoms with Crippen LogP contribution >= 0.6 is 0 Å². The van der Waals surface area contributed by atoms with Gasteiger partial charge in [0, 0.05) is 37.2 Å². The molecule has 1 aliphatic heterocycles. The molecule has 0 bridgehead atoms. The molecule has 1 fully saturated rings. The number of benzene rings is 1. The zero-order valence-electron chi connectivity index (χ0n) is 17.2. The molecule has 150 valence electrons. The molecule has 8 heteroatoms. The van der Waals surface area contributed by atoms with Gasteiger partial charge in [0.1, 0.15) is 5.82 Å². The van der Waals surface area contributed by atoms with Crippen molar-refractivity contribution in [1.29, 1.82) is 0 Å². The fraction of sp³-hybridized carbons (Fsp3) is 0.500. The van der Waals surface area contributed by atoms with Crippen molar-refractivity contribution in [3.05, 3.63) is 41.3 Å². The van der Waals surface area contributed by atoms with Crippen LogP contribution < -0.4 is 56.7 Å². The summed E-state index contributed by atoms with van der Waals surface area (Å²) in [5.74, 6) is 2.09. The smallest absolute Gasteiger partial charge is 0.693 e. The van der Waals surface area contributed by atoms with Crippen LogP contribution in [0.4, 0.5) is 4.39 Å². The summed E-state index contributed by atoms with van der Waals surface area (Å²) in [6, 6.07) is 4.45. The Bertz CT molecular complexity index is 672. The minimum Gasteiger partial charge on any atom is -0.693 e. The number of carbonyl (C=O) groups is 2. The number of hydrogen-bond acceptors (Lipinski definition) is 3. The summed E-state index contributed by atoms with van der Waals surface area (Å²) in [4.78, 5) is 23.3. The molecule has 1 aromatic carbocycles. The van der Waals surface area contributed by atoms with Gasteiger partial charge in [-0.3, -0.25) is 9.59 Å². The van der Waals surface area contributed by atoms with Gasteiger partial charge in [-0.25, -0.2) is 4.39 Å². The van der Waals surface area contributed by atoms with Crippen LogP contribution in [0.2, 0.25) is 0 Å². The number of nitrogens with zero attached hydrogens (tertiary/aromatic N) is 1. The maximum Gasteiger partial charge on any atom is 1.00 e. The van der Waals surface area contributed by atoms with E-state index in [9.17, 15) is 19.1 Å². The van der Waals surface area contributed by atoms with Crippen LogP contribution in [0.3, 0.4) is 0 Å². The van der Waals surface area contributed by atoms with Gasteiger partial charge in [-0.15, -0.1) is 6.42 Å². The molecule has 28 heavy (non-hydrogen) atoms. The zero-order valence-corrected chi connectivity index (χ0v) is 20.3. The van der Waals surface area contributed by atoms with Gasteiger partial charge in [-0.1, -0.05) is 32.8 Å². The second-order valence-corrected chi connectivity index (χ2v) is 7.47. The molecule has 0 radical (unpaired) electrons. The van der Waals surface area contributed by atoms with Crippen LogP contribution in [0.5, 0.6) is 0 Å². The van der Waals surface area contributed by atoms with Crippen molar-refractivity contribution < 1.29 is 70.5 Å². The van der Waals surface area contributed by atoms with E-state index >= 15 is 0 Å². The standard InChI is InChI=1S/C10H8FNO.C10H19NO2.K.H2N/c1-2-8-3-4-9(6-12-7-13)10(11)5-8;1-10(2,3)6-9(13)11-5-4-8(12)7-11;;/h1,3-5,7H,6H2,(H,12,13);8,12H,4-7H2,1-3H3;;1H2/q;;+1;-1. The summed E-state index contributed by atoms with van der Waals surface area (Å²) in [6.07, 6.45) is 6.60. The summed E-state index contributed by atoms with van der Waals surface area (Å²) in [7, 11) is 0. The number of β-amino-alcohol motifs (C(OH)–C–C–N with tert-alkyl or cyclic N) is 1. The van der Waals surface area contributed by atoms with Crippen LogP contribution in [0.15, 0.2) is 18.2 Å². The maximum absolute atomic E-state index is 13.1. The zero-order chi connectivity index (χ0) is 19.7. The Kier molecular flexibility index (Phi) is 14.9. The predicted octanol–water partition coefficient (Wildman–Crippen LogP) is -0.210. The minimum absolute atomic E-state index is 0. The van der Waals surface area contributed by atoms with Gasteiger partial charge in [0.05, 0.1) is 6.10 Å². The SMILES string of the molecule is C#Cc1ccc(CNC=O)c(F)c1.CC(C)(C)CC(=O)N1CCC(O)C1.[K+].[NH2-]. The number of nitrogens with two attached hydrogens (primary N) is 1. The summed E-state index contributed by atoms with van der Waals surface area (Å²) in [6.45, 7) is 7.58. The first-order valence-electron chi connectivity index (χ1n) is 8.54. The van der Waals surface area contributed by atoms with Crippen molar-refractivity contribution in [1.82, 2.24) is 10.2 Å². The molecule has 1 aliphatic rings. The number of hydrogen-bond donors (Lipinski definition) is 2. The Balaban J connectivity index is 0. The molecule has 0 saturated carbocycles. The second-order valence-electron chi connectivity index (χ2n) is 7.47. The van der Waals surface area contributed by atoms with Crippen LogP contribution in [0.25, 0.3) is 6.15 Å². The van der Waals surface area contributed by atoms with E-state index in [1.165, 1.54) is 6.07 Å². The number of rotatable bonds is 4.